The molecular weight excluding hydrogens is 268 g/mol. The number of non-ortho nitro benzene ring substituents is 1. The van der Waals surface area contributed by atoms with Gasteiger partial charge in [0, 0.05) is 35.9 Å². The number of aliphatic carboxylic acids is 1. The Hall–Kier alpha value is -1.76. The van der Waals surface area contributed by atoms with Crippen molar-refractivity contribution < 1.29 is 14.8 Å². The molecular formula is C12H14N2O4S. The summed E-state index contributed by atoms with van der Waals surface area (Å²) in [5.41, 5.74) is 1.36. The Morgan fingerprint density at radius 3 is 2.89 bits per heavy atom. The van der Waals surface area contributed by atoms with Crippen molar-refractivity contribution in [2.45, 2.75) is 13.0 Å². The molecule has 1 aliphatic rings. The van der Waals surface area contributed by atoms with Crippen LogP contribution in [0.1, 0.15) is 5.56 Å². The number of anilines is 1. The number of nitrogens with zero attached hydrogens (tertiary/aromatic N) is 2. The zero-order chi connectivity index (χ0) is 14.0. The first-order valence-corrected chi connectivity index (χ1v) is 6.98. The van der Waals surface area contributed by atoms with Crippen molar-refractivity contribution in [3.63, 3.8) is 0 Å². The summed E-state index contributed by atoms with van der Waals surface area (Å²) in [6.45, 7) is 2.35. The van der Waals surface area contributed by atoms with Crippen LogP contribution in [0.15, 0.2) is 18.2 Å². The van der Waals surface area contributed by atoms with Crippen LogP contribution in [0, 0.1) is 17.0 Å². The largest absolute Gasteiger partial charge is 0.480 e. The highest BCUT2D eigenvalue weighted by Gasteiger charge is 2.29. The Labute approximate surface area is 114 Å². The lowest BCUT2D eigenvalue weighted by Gasteiger charge is -2.34. The van der Waals surface area contributed by atoms with Crippen LogP contribution in [0.4, 0.5) is 11.4 Å². The van der Waals surface area contributed by atoms with E-state index in [4.69, 9.17) is 0 Å². The van der Waals surface area contributed by atoms with Gasteiger partial charge in [0.05, 0.1) is 4.92 Å². The minimum atomic E-state index is -0.892. The van der Waals surface area contributed by atoms with Crippen LogP contribution in [0.5, 0.6) is 0 Å². The van der Waals surface area contributed by atoms with Crippen molar-refractivity contribution in [1.29, 1.82) is 0 Å². The molecule has 0 radical (unpaired) electrons. The van der Waals surface area contributed by atoms with Gasteiger partial charge in [-0.25, -0.2) is 4.79 Å². The number of thioether (sulfide) groups is 1. The van der Waals surface area contributed by atoms with Gasteiger partial charge in [-0.2, -0.15) is 11.8 Å². The van der Waals surface area contributed by atoms with Gasteiger partial charge in [-0.05, 0) is 18.6 Å². The molecule has 0 amide bonds. The number of aryl methyl sites for hydroxylation is 1. The Morgan fingerprint density at radius 1 is 1.53 bits per heavy atom. The van der Waals surface area contributed by atoms with Crippen LogP contribution in [0.3, 0.4) is 0 Å². The van der Waals surface area contributed by atoms with Gasteiger partial charge in [0.25, 0.3) is 5.69 Å². The number of nitro benzene ring substituents is 1. The molecule has 1 aromatic carbocycles. The molecule has 6 nitrogen and oxygen atoms in total. The molecule has 1 aromatic rings. The SMILES string of the molecule is Cc1cc(N2CCSCC2C(=O)O)cc([N+](=O)[O-])c1. The summed E-state index contributed by atoms with van der Waals surface area (Å²) in [5, 5.41) is 20.1. The van der Waals surface area contributed by atoms with Crippen molar-refractivity contribution in [1.82, 2.24) is 0 Å². The number of carboxylic acid groups (broad SMARTS) is 1. The summed E-state index contributed by atoms with van der Waals surface area (Å²) in [7, 11) is 0. The zero-order valence-corrected chi connectivity index (χ0v) is 11.2. The molecule has 1 aliphatic heterocycles. The van der Waals surface area contributed by atoms with Crippen LogP contribution >= 0.6 is 11.8 Å². The van der Waals surface area contributed by atoms with Crippen molar-refractivity contribution in [3.05, 3.63) is 33.9 Å². The summed E-state index contributed by atoms with van der Waals surface area (Å²) in [6.07, 6.45) is 0. The van der Waals surface area contributed by atoms with Crippen molar-refractivity contribution >= 4 is 29.1 Å². The summed E-state index contributed by atoms with van der Waals surface area (Å²) in [6, 6.07) is 4.09. The van der Waals surface area contributed by atoms with Gasteiger partial charge in [0.15, 0.2) is 0 Å². The normalized spacial score (nSPS) is 19.2. The molecule has 1 fully saturated rings. The molecule has 0 spiro atoms. The van der Waals surface area contributed by atoms with Crippen LogP contribution in [0.25, 0.3) is 0 Å². The molecule has 1 atom stereocenters. The Bertz CT molecular complexity index is 520. The van der Waals surface area contributed by atoms with Crippen molar-refractivity contribution in [2.24, 2.45) is 0 Å². The molecule has 1 saturated heterocycles. The van der Waals surface area contributed by atoms with Gasteiger partial charge in [0.1, 0.15) is 6.04 Å². The number of carbonyl (C=O) groups is 1. The standard InChI is InChI=1S/C12H14N2O4S/c1-8-4-9(6-10(5-8)14(17)18)13-2-3-19-7-11(13)12(15)16/h4-6,11H,2-3,7H2,1H3,(H,15,16). The molecule has 0 bridgehead atoms. The average molecular weight is 282 g/mol. The summed E-state index contributed by atoms with van der Waals surface area (Å²) < 4.78 is 0. The van der Waals surface area contributed by atoms with Gasteiger partial charge in [0.2, 0.25) is 0 Å². The molecule has 102 valence electrons. The number of carboxylic acids is 1. The second kappa shape index (κ2) is 5.48. The second-order valence-corrected chi connectivity index (χ2v) is 5.56. The Kier molecular flexibility index (Phi) is 3.94. The van der Waals surface area contributed by atoms with Crippen LogP contribution in [-0.2, 0) is 4.79 Å². The van der Waals surface area contributed by atoms with Gasteiger partial charge < -0.3 is 10.0 Å². The third-order valence-electron chi connectivity index (χ3n) is 3.00. The van der Waals surface area contributed by atoms with Gasteiger partial charge in [-0.1, -0.05) is 0 Å². The molecule has 1 N–H and O–H groups in total. The number of hydrogen-bond acceptors (Lipinski definition) is 5. The number of benzene rings is 1. The molecule has 0 saturated carbocycles. The monoisotopic (exact) mass is 282 g/mol. The molecule has 1 heterocycles. The lowest BCUT2D eigenvalue weighted by molar-refractivity contribution is -0.384. The fourth-order valence-corrected chi connectivity index (χ4v) is 3.17. The Morgan fingerprint density at radius 2 is 2.26 bits per heavy atom. The van der Waals surface area contributed by atoms with Gasteiger partial charge in [-0.3, -0.25) is 10.1 Å². The molecule has 1 unspecified atom stereocenters. The summed E-state index contributed by atoms with van der Waals surface area (Å²) in [4.78, 5) is 23.4. The van der Waals surface area contributed by atoms with E-state index >= 15 is 0 Å². The maximum atomic E-state index is 11.3. The van der Waals surface area contributed by atoms with Crippen molar-refractivity contribution in [2.75, 3.05) is 23.0 Å². The molecule has 19 heavy (non-hydrogen) atoms. The fourth-order valence-electron chi connectivity index (χ4n) is 2.13. The van der Waals surface area contributed by atoms with Gasteiger partial charge in [-0.15, -0.1) is 0 Å². The first-order valence-electron chi connectivity index (χ1n) is 5.82. The van der Waals surface area contributed by atoms with E-state index in [1.807, 2.05) is 0 Å². The predicted molar refractivity (Wildman–Crippen MR) is 73.9 cm³/mol. The van der Waals surface area contributed by atoms with E-state index < -0.39 is 16.9 Å². The third-order valence-corrected chi connectivity index (χ3v) is 4.03. The minimum absolute atomic E-state index is 0.00244. The highest BCUT2D eigenvalue weighted by Crippen LogP contribution is 2.28. The fraction of sp³-hybridized carbons (Fsp3) is 0.417. The maximum Gasteiger partial charge on any atom is 0.327 e. The van der Waals surface area contributed by atoms with Crippen LogP contribution < -0.4 is 4.90 Å². The lowest BCUT2D eigenvalue weighted by atomic mass is 10.1. The van der Waals surface area contributed by atoms with E-state index in [0.29, 0.717) is 18.0 Å². The molecule has 0 aromatic heterocycles. The number of rotatable bonds is 3. The quantitative estimate of drug-likeness (QED) is 0.673. The summed E-state index contributed by atoms with van der Waals surface area (Å²) >= 11 is 1.59. The van der Waals surface area contributed by atoms with E-state index in [9.17, 15) is 20.0 Å². The van der Waals surface area contributed by atoms with E-state index in [0.717, 1.165) is 11.3 Å². The number of hydrogen-bond donors (Lipinski definition) is 1. The van der Waals surface area contributed by atoms with Gasteiger partial charge >= 0.3 is 5.97 Å². The summed E-state index contributed by atoms with van der Waals surface area (Å²) in [5.74, 6) is 0.430. The van der Waals surface area contributed by atoms with Crippen molar-refractivity contribution in [3.8, 4) is 0 Å². The second-order valence-electron chi connectivity index (χ2n) is 4.41. The topological polar surface area (TPSA) is 83.7 Å². The third kappa shape index (κ3) is 2.98. The highest BCUT2D eigenvalue weighted by atomic mass is 32.2. The minimum Gasteiger partial charge on any atom is -0.480 e. The smallest absolute Gasteiger partial charge is 0.327 e. The van der Waals surface area contributed by atoms with E-state index in [1.165, 1.54) is 12.1 Å². The first-order chi connectivity index (χ1) is 8.99. The van der Waals surface area contributed by atoms with Crippen LogP contribution in [0.2, 0.25) is 0 Å². The van der Waals surface area contributed by atoms with E-state index in [1.54, 1.807) is 29.7 Å². The molecule has 0 aliphatic carbocycles. The predicted octanol–water partition coefficient (Wildman–Crippen LogP) is 1.91. The maximum absolute atomic E-state index is 11.3. The average Bonchev–Trinajstić information content (AvgIpc) is 2.37. The molecule has 2 rings (SSSR count). The lowest BCUT2D eigenvalue weighted by Crippen LogP contribution is -2.47. The zero-order valence-electron chi connectivity index (χ0n) is 10.4. The Balaban J connectivity index is 2.38. The van der Waals surface area contributed by atoms with E-state index in [2.05, 4.69) is 0 Å². The molecule has 7 heteroatoms. The number of nitro groups is 1. The van der Waals surface area contributed by atoms with E-state index in [-0.39, 0.29) is 5.69 Å². The highest BCUT2D eigenvalue weighted by molar-refractivity contribution is 7.99. The first kappa shape index (κ1) is 13.7. The van der Waals surface area contributed by atoms with Crippen LogP contribution in [-0.4, -0.2) is 40.1 Å².